The van der Waals surface area contributed by atoms with Crippen LogP contribution in [-0.4, -0.2) is 43.7 Å². The number of nitrogens with zero attached hydrogens (tertiary/aromatic N) is 4. The number of azide groups is 1. The molecular formula is C11H18N4O2. The number of likely N-dealkylation sites (N-methyl/N-ethyl adjacent to an activating group) is 1. The Morgan fingerprint density at radius 2 is 2.41 bits per heavy atom. The summed E-state index contributed by atoms with van der Waals surface area (Å²) in [4.78, 5) is 15.9. The molecule has 0 fully saturated rings. The van der Waals surface area contributed by atoms with Crippen LogP contribution >= 0.6 is 0 Å². The van der Waals surface area contributed by atoms with E-state index in [4.69, 9.17) is 16.7 Å². The van der Waals surface area contributed by atoms with Crippen molar-refractivity contribution < 1.29 is 9.53 Å². The van der Waals surface area contributed by atoms with E-state index in [-0.39, 0.29) is 18.6 Å². The van der Waals surface area contributed by atoms with E-state index >= 15 is 0 Å². The topological polar surface area (TPSA) is 78.3 Å². The lowest BCUT2D eigenvalue weighted by molar-refractivity contribution is -0.130. The maximum absolute atomic E-state index is 11.6. The second kappa shape index (κ2) is 9.52. The molecule has 0 rings (SSSR count). The third-order valence-electron chi connectivity index (χ3n) is 2.21. The van der Waals surface area contributed by atoms with E-state index in [1.54, 1.807) is 18.9 Å². The van der Waals surface area contributed by atoms with Crippen molar-refractivity contribution in [2.24, 2.45) is 5.11 Å². The molecule has 1 unspecified atom stereocenters. The summed E-state index contributed by atoms with van der Waals surface area (Å²) in [5.74, 6) is 2.36. The van der Waals surface area contributed by atoms with Crippen molar-refractivity contribution in [3.8, 4) is 12.3 Å². The first kappa shape index (κ1) is 15.3. The summed E-state index contributed by atoms with van der Waals surface area (Å²) in [5.41, 5.74) is 8.21. The van der Waals surface area contributed by atoms with Crippen LogP contribution in [0.4, 0.5) is 0 Å². The van der Waals surface area contributed by atoms with E-state index in [1.807, 2.05) is 0 Å². The zero-order valence-corrected chi connectivity index (χ0v) is 10.3. The smallest absolute Gasteiger partial charge is 0.222 e. The minimum absolute atomic E-state index is 0.00861. The van der Waals surface area contributed by atoms with Crippen LogP contribution in [-0.2, 0) is 9.53 Å². The summed E-state index contributed by atoms with van der Waals surface area (Å²) in [5, 5.41) is 3.51. The molecular weight excluding hydrogens is 220 g/mol. The standard InChI is InChI=1S/C11H18N4O2/c1-4-8-17-9-7-15(3)11(16)6-5-10(2)13-14-12/h1,10H,5-9H2,2-3H3. The summed E-state index contributed by atoms with van der Waals surface area (Å²) in [7, 11) is 1.71. The highest BCUT2D eigenvalue weighted by Gasteiger charge is 2.09. The Kier molecular flexibility index (Phi) is 8.57. The molecule has 0 aliphatic heterocycles. The molecule has 0 heterocycles. The van der Waals surface area contributed by atoms with Crippen molar-refractivity contribution in [2.45, 2.75) is 25.8 Å². The molecule has 0 saturated carbocycles. The van der Waals surface area contributed by atoms with Crippen molar-refractivity contribution >= 4 is 5.91 Å². The highest BCUT2D eigenvalue weighted by molar-refractivity contribution is 5.75. The van der Waals surface area contributed by atoms with Gasteiger partial charge in [-0.25, -0.2) is 0 Å². The van der Waals surface area contributed by atoms with Crippen molar-refractivity contribution in [1.29, 1.82) is 0 Å². The minimum Gasteiger partial charge on any atom is -0.367 e. The van der Waals surface area contributed by atoms with Crippen LogP contribution < -0.4 is 0 Å². The highest BCUT2D eigenvalue weighted by atomic mass is 16.5. The number of hydrogen-bond acceptors (Lipinski definition) is 3. The second-order valence-electron chi connectivity index (χ2n) is 3.66. The maximum atomic E-state index is 11.6. The van der Waals surface area contributed by atoms with E-state index in [2.05, 4.69) is 15.9 Å². The molecule has 1 atom stereocenters. The fourth-order valence-corrected chi connectivity index (χ4v) is 1.13. The average molecular weight is 238 g/mol. The Balaban J connectivity index is 3.74. The monoisotopic (exact) mass is 238 g/mol. The predicted molar refractivity (Wildman–Crippen MR) is 65.1 cm³/mol. The Bertz CT molecular complexity index is 318. The van der Waals surface area contributed by atoms with Crippen molar-refractivity contribution in [3.05, 3.63) is 10.4 Å². The second-order valence-corrected chi connectivity index (χ2v) is 3.66. The Morgan fingerprint density at radius 1 is 1.71 bits per heavy atom. The lowest BCUT2D eigenvalue weighted by atomic mass is 10.2. The Hall–Kier alpha value is -1.70. The fourth-order valence-electron chi connectivity index (χ4n) is 1.13. The van der Waals surface area contributed by atoms with Crippen LogP contribution in [0.5, 0.6) is 0 Å². The highest BCUT2D eigenvalue weighted by Crippen LogP contribution is 2.03. The third kappa shape index (κ3) is 8.14. The molecule has 0 spiro atoms. The van der Waals surface area contributed by atoms with E-state index < -0.39 is 0 Å². The quantitative estimate of drug-likeness (QED) is 0.211. The van der Waals surface area contributed by atoms with E-state index in [1.165, 1.54) is 0 Å². The number of carbonyl (C=O) groups is 1. The number of ether oxygens (including phenoxy) is 1. The van der Waals surface area contributed by atoms with Crippen molar-refractivity contribution in [1.82, 2.24) is 4.90 Å². The van der Waals surface area contributed by atoms with Gasteiger partial charge in [0, 0.05) is 31.0 Å². The van der Waals surface area contributed by atoms with Crippen LogP contribution in [0.1, 0.15) is 19.8 Å². The zero-order valence-electron chi connectivity index (χ0n) is 10.3. The van der Waals surface area contributed by atoms with E-state index in [9.17, 15) is 4.79 Å². The van der Waals surface area contributed by atoms with Gasteiger partial charge in [-0.15, -0.1) is 6.42 Å². The predicted octanol–water partition coefficient (Wildman–Crippen LogP) is 1.57. The number of rotatable bonds is 8. The van der Waals surface area contributed by atoms with Gasteiger partial charge in [-0.1, -0.05) is 18.0 Å². The first-order valence-corrected chi connectivity index (χ1v) is 5.41. The molecule has 1 amide bonds. The van der Waals surface area contributed by atoms with Gasteiger partial charge in [-0.3, -0.25) is 4.79 Å². The van der Waals surface area contributed by atoms with Gasteiger partial charge < -0.3 is 9.64 Å². The lowest BCUT2D eigenvalue weighted by Crippen LogP contribution is -2.30. The molecule has 94 valence electrons. The van der Waals surface area contributed by atoms with Gasteiger partial charge in [0.1, 0.15) is 6.61 Å². The molecule has 0 N–H and O–H groups in total. The largest absolute Gasteiger partial charge is 0.367 e. The molecule has 0 radical (unpaired) electrons. The van der Waals surface area contributed by atoms with Gasteiger partial charge in [0.05, 0.1) is 6.61 Å². The molecule has 0 aromatic rings. The van der Waals surface area contributed by atoms with E-state index in [0.29, 0.717) is 26.0 Å². The molecule has 6 heteroatoms. The van der Waals surface area contributed by atoms with Gasteiger partial charge in [-0.05, 0) is 12.0 Å². The van der Waals surface area contributed by atoms with E-state index in [0.717, 1.165) is 0 Å². The molecule has 6 nitrogen and oxygen atoms in total. The normalized spacial score (nSPS) is 11.1. The summed E-state index contributed by atoms with van der Waals surface area (Å²) in [6.07, 6.45) is 5.94. The maximum Gasteiger partial charge on any atom is 0.222 e. The average Bonchev–Trinajstić information content (AvgIpc) is 2.31. The summed E-state index contributed by atoms with van der Waals surface area (Å²) in [6.45, 7) is 2.98. The summed E-state index contributed by atoms with van der Waals surface area (Å²) in [6, 6.07) is -0.157. The SMILES string of the molecule is C#CCOCCN(C)C(=O)CCC(C)N=[N+]=[N-]. The zero-order chi connectivity index (χ0) is 13.1. The first-order valence-electron chi connectivity index (χ1n) is 5.41. The number of hydrogen-bond donors (Lipinski definition) is 0. The molecule has 0 aromatic heterocycles. The number of amides is 1. The summed E-state index contributed by atoms with van der Waals surface area (Å²) < 4.78 is 5.07. The molecule has 0 bridgehead atoms. The molecule has 0 aromatic carbocycles. The number of terminal acetylenes is 1. The van der Waals surface area contributed by atoms with Gasteiger partial charge in [0.2, 0.25) is 5.91 Å². The molecule has 0 saturated heterocycles. The number of carbonyl (C=O) groups excluding carboxylic acids is 1. The van der Waals surface area contributed by atoms with Gasteiger partial charge >= 0.3 is 0 Å². The van der Waals surface area contributed by atoms with Crippen LogP contribution in [0.2, 0.25) is 0 Å². The Morgan fingerprint density at radius 3 is 3.00 bits per heavy atom. The van der Waals surface area contributed by atoms with Gasteiger partial charge in [0.25, 0.3) is 0 Å². The minimum atomic E-state index is -0.157. The van der Waals surface area contributed by atoms with Crippen LogP contribution in [0.25, 0.3) is 10.4 Å². The lowest BCUT2D eigenvalue weighted by Gasteiger charge is -2.17. The van der Waals surface area contributed by atoms with Gasteiger partial charge in [-0.2, -0.15) is 0 Å². The molecule has 0 aliphatic rings. The first-order chi connectivity index (χ1) is 8.11. The molecule has 0 aliphatic carbocycles. The molecule has 17 heavy (non-hydrogen) atoms. The van der Waals surface area contributed by atoms with Crippen LogP contribution in [0.3, 0.4) is 0 Å². The third-order valence-corrected chi connectivity index (χ3v) is 2.21. The van der Waals surface area contributed by atoms with Crippen molar-refractivity contribution in [2.75, 3.05) is 26.8 Å². The van der Waals surface area contributed by atoms with Crippen LogP contribution in [0.15, 0.2) is 5.11 Å². The fraction of sp³-hybridized carbons (Fsp3) is 0.727. The Labute approximate surface area is 102 Å². The van der Waals surface area contributed by atoms with Crippen molar-refractivity contribution in [3.63, 3.8) is 0 Å². The summed E-state index contributed by atoms with van der Waals surface area (Å²) >= 11 is 0. The van der Waals surface area contributed by atoms with Gasteiger partial charge in [0.15, 0.2) is 0 Å². The van der Waals surface area contributed by atoms with Crippen LogP contribution in [0, 0.1) is 12.3 Å².